The first-order valence-electron chi connectivity index (χ1n) is 7.54. The average molecular weight is 325 g/mol. The van der Waals surface area contributed by atoms with Crippen LogP contribution in [-0.4, -0.2) is 38.5 Å². The van der Waals surface area contributed by atoms with Crippen molar-refractivity contribution in [1.82, 2.24) is 5.32 Å². The lowest BCUT2D eigenvalue weighted by Crippen LogP contribution is -2.35. The predicted octanol–water partition coefficient (Wildman–Crippen LogP) is 1.77. The first-order valence-corrected chi connectivity index (χ1v) is 9.36. The maximum absolute atomic E-state index is 12.0. The van der Waals surface area contributed by atoms with Crippen LogP contribution in [0.15, 0.2) is 24.3 Å². The molecule has 1 aliphatic heterocycles. The number of sulfone groups is 1. The Bertz CT molecular complexity index is 621. The maximum Gasteiger partial charge on any atom is 0.235 e. The van der Waals surface area contributed by atoms with Crippen molar-refractivity contribution in [3.8, 4) is 0 Å². The summed E-state index contributed by atoms with van der Waals surface area (Å²) in [6.07, 6.45) is 1.38. The van der Waals surface area contributed by atoms with E-state index in [0.29, 0.717) is 6.61 Å². The minimum absolute atomic E-state index is 0.0703. The number of benzene rings is 1. The van der Waals surface area contributed by atoms with E-state index in [9.17, 15) is 13.2 Å². The minimum Gasteiger partial charge on any atom is -0.377 e. The summed E-state index contributed by atoms with van der Waals surface area (Å²) in [5, 5.41) is 2.76. The highest BCUT2D eigenvalue weighted by molar-refractivity contribution is 7.92. The molecule has 1 aliphatic rings. The molecule has 0 aliphatic carbocycles. The van der Waals surface area contributed by atoms with Gasteiger partial charge in [0.25, 0.3) is 0 Å². The molecule has 0 radical (unpaired) electrons. The zero-order valence-corrected chi connectivity index (χ0v) is 13.9. The highest BCUT2D eigenvalue weighted by Crippen LogP contribution is 2.17. The van der Waals surface area contributed by atoms with Crippen LogP contribution in [0.2, 0.25) is 0 Å². The second-order valence-corrected chi connectivity index (χ2v) is 7.94. The van der Waals surface area contributed by atoms with E-state index in [1.165, 1.54) is 0 Å². The molecule has 0 aromatic heterocycles. The van der Waals surface area contributed by atoms with Crippen LogP contribution in [0.4, 0.5) is 0 Å². The van der Waals surface area contributed by atoms with Crippen LogP contribution < -0.4 is 5.32 Å². The van der Waals surface area contributed by atoms with E-state index >= 15 is 0 Å². The third-order valence-corrected chi connectivity index (χ3v) is 5.43. The van der Waals surface area contributed by atoms with Gasteiger partial charge in [-0.15, -0.1) is 0 Å². The summed E-state index contributed by atoms with van der Waals surface area (Å²) in [5.74, 6) is -1.02. The Morgan fingerprint density at radius 3 is 2.77 bits per heavy atom. The number of hydrogen-bond donors (Lipinski definition) is 1. The third-order valence-electron chi connectivity index (χ3n) is 3.85. The highest BCUT2D eigenvalue weighted by Gasteiger charge is 2.26. The second kappa shape index (κ2) is 7.24. The van der Waals surface area contributed by atoms with Gasteiger partial charge in [-0.05, 0) is 37.8 Å². The molecule has 22 heavy (non-hydrogen) atoms. The molecule has 0 saturated carbocycles. The average Bonchev–Trinajstić information content (AvgIpc) is 2.90. The van der Waals surface area contributed by atoms with E-state index in [4.69, 9.17) is 4.74 Å². The largest absolute Gasteiger partial charge is 0.377 e. The number of carbonyl (C=O) groups excluding carboxylic acids is 1. The predicted molar refractivity (Wildman–Crippen MR) is 85.4 cm³/mol. The molecule has 5 nitrogen and oxygen atoms in total. The van der Waals surface area contributed by atoms with Gasteiger partial charge >= 0.3 is 0 Å². The van der Waals surface area contributed by atoms with Crippen molar-refractivity contribution in [2.45, 2.75) is 38.8 Å². The van der Waals surface area contributed by atoms with Crippen molar-refractivity contribution < 1.29 is 17.9 Å². The molecule has 1 aromatic carbocycles. The van der Waals surface area contributed by atoms with Crippen molar-refractivity contribution in [3.63, 3.8) is 0 Å². The molecule has 122 valence electrons. The molecule has 1 amide bonds. The topological polar surface area (TPSA) is 72.5 Å². The number of amides is 1. The molecule has 1 N–H and O–H groups in total. The Labute approximate surface area is 132 Å². The van der Waals surface area contributed by atoms with Gasteiger partial charge < -0.3 is 10.1 Å². The molecule has 0 spiro atoms. The van der Waals surface area contributed by atoms with Crippen molar-refractivity contribution >= 4 is 15.7 Å². The lowest BCUT2D eigenvalue weighted by molar-refractivity contribution is -0.119. The van der Waals surface area contributed by atoms with E-state index in [1.54, 1.807) is 0 Å². The van der Waals surface area contributed by atoms with Crippen LogP contribution >= 0.6 is 0 Å². The molecule has 1 aromatic rings. The van der Waals surface area contributed by atoms with E-state index in [0.717, 1.165) is 24.0 Å². The van der Waals surface area contributed by atoms with Crippen LogP contribution in [-0.2, 0) is 19.4 Å². The number of carbonyl (C=O) groups is 1. The molecule has 1 saturated heterocycles. The fourth-order valence-electron chi connectivity index (χ4n) is 2.75. The number of nitrogens with one attached hydrogen (secondary N) is 1. The Kier molecular flexibility index (Phi) is 5.58. The molecule has 0 bridgehead atoms. The lowest BCUT2D eigenvalue weighted by Gasteiger charge is -2.17. The van der Waals surface area contributed by atoms with E-state index < -0.39 is 21.5 Å². The summed E-state index contributed by atoms with van der Waals surface area (Å²) in [6, 6.07) is 7.51. The number of rotatable bonds is 6. The zero-order chi connectivity index (χ0) is 16.2. The van der Waals surface area contributed by atoms with Crippen molar-refractivity contribution in [1.29, 1.82) is 0 Å². The summed E-state index contributed by atoms with van der Waals surface area (Å²) >= 11 is 0. The smallest absolute Gasteiger partial charge is 0.235 e. The monoisotopic (exact) mass is 325 g/mol. The minimum atomic E-state index is -3.44. The first kappa shape index (κ1) is 17.0. The summed E-state index contributed by atoms with van der Waals surface area (Å²) in [6.45, 7) is 4.43. The maximum atomic E-state index is 12.0. The third kappa shape index (κ3) is 4.81. The van der Waals surface area contributed by atoms with Crippen molar-refractivity contribution in [2.75, 3.05) is 18.1 Å². The fraction of sp³-hybridized carbons (Fsp3) is 0.562. The van der Waals surface area contributed by atoms with Gasteiger partial charge in [0.15, 0.2) is 9.84 Å². The summed E-state index contributed by atoms with van der Waals surface area (Å²) < 4.78 is 29.4. The van der Waals surface area contributed by atoms with Gasteiger partial charge in [-0.3, -0.25) is 4.79 Å². The van der Waals surface area contributed by atoms with E-state index in [-0.39, 0.29) is 17.9 Å². The van der Waals surface area contributed by atoms with Crippen LogP contribution in [0.25, 0.3) is 0 Å². The van der Waals surface area contributed by atoms with Gasteiger partial charge in [0.2, 0.25) is 5.91 Å². The first-order chi connectivity index (χ1) is 10.4. The fourth-order valence-corrected chi connectivity index (χ4v) is 4.18. The van der Waals surface area contributed by atoms with Crippen LogP contribution in [0.3, 0.4) is 0 Å². The number of hydrogen-bond acceptors (Lipinski definition) is 4. The molecular formula is C16H23NO4S. The van der Waals surface area contributed by atoms with Gasteiger partial charge in [-0.25, -0.2) is 8.42 Å². The Hall–Kier alpha value is -1.40. The van der Waals surface area contributed by atoms with Gasteiger partial charge in [0.05, 0.1) is 17.9 Å². The van der Waals surface area contributed by atoms with E-state index in [2.05, 4.69) is 5.32 Å². The number of ether oxygens (including phenoxy) is 1. The van der Waals surface area contributed by atoms with Crippen LogP contribution in [0, 0.1) is 6.92 Å². The second-order valence-electron chi connectivity index (χ2n) is 5.84. The summed E-state index contributed by atoms with van der Waals surface area (Å²) in [4.78, 5) is 12.0. The summed E-state index contributed by atoms with van der Waals surface area (Å²) in [7, 11) is -3.44. The van der Waals surface area contributed by atoms with Crippen molar-refractivity contribution in [3.05, 3.63) is 35.4 Å². The molecule has 1 fully saturated rings. The highest BCUT2D eigenvalue weighted by atomic mass is 32.2. The lowest BCUT2D eigenvalue weighted by atomic mass is 10.0. The van der Waals surface area contributed by atoms with Gasteiger partial charge in [-0.2, -0.15) is 0 Å². The molecule has 0 unspecified atom stereocenters. The van der Waals surface area contributed by atoms with Crippen molar-refractivity contribution in [2.24, 2.45) is 0 Å². The molecule has 2 rings (SSSR count). The molecule has 1 heterocycles. The quantitative estimate of drug-likeness (QED) is 0.865. The molecule has 6 heteroatoms. The Morgan fingerprint density at radius 2 is 2.14 bits per heavy atom. The Balaban J connectivity index is 1.90. The SMILES string of the molecule is Cc1ccccc1[C@@H](C)NC(=O)CS(=O)(=O)C[C@H]1CCCO1. The standard InChI is InChI=1S/C16H23NO4S/c1-12-6-3-4-8-15(12)13(2)17-16(18)11-22(19,20)10-14-7-5-9-21-14/h3-4,6,8,13-14H,5,7,9-11H2,1-2H3,(H,17,18)/t13-,14-/m1/s1. The van der Waals surface area contributed by atoms with E-state index in [1.807, 2.05) is 38.1 Å². The Morgan fingerprint density at radius 1 is 1.41 bits per heavy atom. The molecular weight excluding hydrogens is 302 g/mol. The number of aryl methyl sites for hydroxylation is 1. The summed E-state index contributed by atoms with van der Waals surface area (Å²) in [5.41, 5.74) is 2.06. The normalized spacial score (nSPS) is 19.8. The van der Waals surface area contributed by atoms with Gasteiger partial charge in [0, 0.05) is 6.61 Å². The zero-order valence-electron chi connectivity index (χ0n) is 13.0. The van der Waals surface area contributed by atoms with Gasteiger partial charge in [-0.1, -0.05) is 24.3 Å². The van der Waals surface area contributed by atoms with Crippen LogP contribution in [0.1, 0.15) is 36.9 Å². The molecule has 2 atom stereocenters. The van der Waals surface area contributed by atoms with Gasteiger partial charge in [0.1, 0.15) is 5.75 Å². The van der Waals surface area contributed by atoms with Crippen LogP contribution in [0.5, 0.6) is 0 Å².